The Balaban J connectivity index is 1.38. The molecule has 0 aliphatic rings. The molecule has 0 aliphatic heterocycles. The maximum atomic E-state index is 15.4. The highest BCUT2D eigenvalue weighted by molar-refractivity contribution is 6.21. The zero-order valence-corrected chi connectivity index (χ0v) is 28.0. The van der Waals surface area contributed by atoms with Crippen LogP contribution in [0.3, 0.4) is 0 Å². The van der Waals surface area contributed by atoms with Crippen LogP contribution in [0.1, 0.15) is 0 Å². The molecular weight excluding hydrogens is 633 g/mol. The van der Waals surface area contributed by atoms with E-state index in [1.165, 1.54) is 0 Å². The minimum atomic E-state index is -0.0336. The average molecular weight is 661 g/mol. The molecule has 3 heteroatoms. The zero-order valence-electron chi connectivity index (χ0n) is 28.0. The summed E-state index contributed by atoms with van der Waals surface area (Å²) in [5.41, 5.74) is 13.3. The summed E-state index contributed by atoms with van der Waals surface area (Å²) in [6.07, 6.45) is 0. The molecule has 3 aromatic heterocycles. The van der Waals surface area contributed by atoms with Gasteiger partial charge in [-0.15, -0.1) is 0 Å². The molecule has 0 unspecified atom stereocenters. The Morgan fingerprint density at radius 3 is 1.48 bits per heavy atom. The van der Waals surface area contributed by atoms with Crippen LogP contribution < -0.4 is 5.56 Å². The summed E-state index contributed by atoms with van der Waals surface area (Å²) >= 11 is 0. The van der Waals surface area contributed by atoms with Gasteiger partial charge >= 0.3 is 0 Å². The van der Waals surface area contributed by atoms with Crippen LogP contribution in [0.2, 0.25) is 0 Å². The van der Waals surface area contributed by atoms with E-state index >= 15 is 4.79 Å². The normalized spacial score (nSPS) is 11.8. The topological polar surface area (TPSA) is 25.9 Å². The van der Waals surface area contributed by atoms with Gasteiger partial charge in [0.1, 0.15) is 0 Å². The lowest BCUT2D eigenvalue weighted by atomic mass is 9.99. The minimum Gasteiger partial charge on any atom is -0.306 e. The standard InChI is InChI=1S/C49H28N2O/c52-49-43-29-37(33-17-9-3-10-18-33)27-41-39-25-35(31-13-5-1-6-14-31)21-23-44(39)50(47(41)43)46-30-38(34-19-11-4-12-20-34)28-42-40-26-36(32-15-7-2-8-16-32)22-24-45(40)51(49)48(42)46/h1-11,13-19,21-30H. The number of fused-ring (bicyclic) bond motifs is 7. The number of nitrogens with zero attached hydrogens (tertiary/aromatic N) is 2. The van der Waals surface area contributed by atoms with E-state index in [4.69, 9.17) is 0 Å². The van der Waals surface area contributed by atoms with Crippen molar-refractivity contribution in [3.8, 4) is 44.5 Å². The third-order valence-electron chi connectivity index (χ3n) is 10.7. The number of hydrogen-bond donors (Lipinski definition) is 0. The number of rotatable bonds is 4. The number of aromatic nitrogens is 2. The van der Waals surface area contributed by atoms with Crippen molar-refractivity contribution in [1.29, 1.82) is 0 Å². The third-order valence-corrected chi connectivity index (χ3v) is 10.7. The highest BCUT2D eigenvalue weighted by Gasteiger charge is 2.23. The SMILES string of the molecule is O=c1c2cc(-c3ccccc3)cc3c4cc(-c5ccccc5)ccc4n(c4cc(-c5c#cccc5)cc5c6cc(-c7ccccc7)ccc6n1c54)c23. The fourth-order valence-electron chi connectivity index (χ4n) is 8.28. The quantitative estimate of drug-likeness (QED) is 0.184. The second-order valence-electron chi connectivity index (χ2n) is 13.6. The first-order valence-corrected chi connectivity index (χ1v) is 17.6. The van der Waals surface area contributed by atoms with Gasteiger partial charge in [0.15, 0.2) is 0 Å². The molecule has 0 atom stereocenters. The van der Waals surface area contributed by atoms with Crippen LogP contribution in [-0.4, -0.2) is 8.80 Å². The van der Waals surface area contributed by atoms with E-state index in [1.54, 1.807) is 0 Å². The van der Waals surface area contributed by atoms with Gasteiger partial charge in [-0.3, -0.25) is 9.20 Å². The predicted octanol–water partition coefficient (Wildman–Crippen LogP) is 11.9. The Hall–Kier alpha value is -7.15. The van der Waals surface area contributed by atoms with Crippen molar-refractivity contribution in [3.63, 3.8) is 0 Å². The maximum absolute atomic E-state index is 15.4. The lowest BCUT2D eigenvalue weighted by Crippen LogP contribution is -2.09. The first kappa shape index (κ1) is 28.7. The van der Waals surface area contributed by atoms with Gasteiger partial charge in [0, 0.05) is 27.1 Å². The van der Waals surface area contributed by atoms with Crippen LogP contribution in [-0.2, 0) is 0 Å². The van der Waals surface area contributed by atoms with Crippen molar-refractivity contribution in [1.82, 2.24) is 8.80 Å². The van der Waals surface area contributed by atoms with E-state index in [9.17, 15) is 0 Å². The fourth-order valence-corrected chi connectivity index (χ4v) is 8.28. The van der Waals surface area contributed by atoms with Crippen LogP contribution in [0.15, 0.2) is 175 Å². The number of benzene rings is 7. The third kappa shape index (κ3) is 4.13. The molecule has 240 valence electrons. The summed E-state index contributed by atoms with van der Waals surface area (Å²) in [7, 11) is 0. The second-order valence-corrected chi connectivity index (χ2v) is 13.6. The molecule has 0 N–H and O–H groups in total. The lowest BCUT2D eigenvalue weighted by molar-refractivity contribution is 1.21. The molecule has 3 heterocycles. The van der Waals surface area contributed by atoms with Gasteiger partial charge in [0.2, 0.25) is 0 Å². The van der Waals surface area contributed by atoms with Gasteiger partial charge in [0.05, 0.1) is 33.0 Å². The monoisotopic (exact) mass is 660 g/mol. The first-order chi connectivity index (χ1) is 25.7. The second kappa shape index (κ2) is 10.9. The molecule has 0 aliphatic carbocycles. The average Bonchev–Trinajstić information content (AvgIpc) is 3.70. The summed E-state index contributed by atoms with van der Waals surface area (Å²) in [6, 6.07) is 65.8. The lowest BCUT2D eigenvalue weighted by Gasteiger charge is -2.07. The van der Waals surface area contributed by atoms with Crippen LogP contribution in [0, 0.1) is 12.1 Å². The van der Waals surface area contributed by atoms with E-state index < -0.39 is 0 Å². The van der Waals surface area contributed by atoms with E-state index in [0.29, 0.717) is 5.39 Å². The summed E-state index contributed by atoms with van der Waals surface area (Å²) in [4.78, 5) is 15.4. The van der Waals surface area contributed by atoms with Gasteiger partial charge in [-0.1, -0.05) is 121 Å². The Bertz CT molecular complexity index is 3220. The van der Waals surface area contributed by atoms with E-state index in [1.807, 2.05) is 34.7 Å². The van der Waals surface area contributed by atoms with E-state index in [2.05, 4.69) is 156 Å². The van der Waals surface area contributed by atoms with Crippen LogP contribution in [0.4, 0.5) is 0 Å². The molecule has 0 saturated heterocycles. The van der Waals surface area contributed by atoms with Gasteiger partial charge in [-0.25, -0.2) is 0 Å². The highest BCUT2D eigenvalue weighted by Crippen LogP contribution is 2.42. The summed E-state index contributed by atoms with van der Waals surface area (Å²) < 4.78 is 4.29. The molecular formula is C49H28N2O. The Morgan fingerprint density at radius 2 is 0.885 bits per heavy atom. The molecule has 0 saturated carbocycles. The molecule has 11 aromatic rings. The summed E-state index contributed by atoms with van der Waals surface area (Å²) in [5, 5.41) is 4.90. The minimum absolute atomic E-state index is 0.0336. The zero-order chi connectivity index (χ0) is 34.3. The molecule has 11 rings (SSSR count). The molecule has 8 aromatic carbocycles. The van der Waals surface area contributed by atoms with Gasteiger partial charge in [-0.2, -0.15) is 0 Å². The van der Waals surface area contributed by atoms with Crippen molar-refractivity contribution in [2.24, 2.45) is 0 Å². The van der Waals surface area contributed by atoms with Crippen molar-refractivity contribution in [3.05, 3.63) is 192 Å². The van der Waals surface area contributed by atoms with Crippen LogP contribution in [0.5, 0.6) is 0 Å². The summed E-state index contributed by atoms with van der Waals surface area (Å²) in [5.74, 6) is 0. The fraction of sp³-hybridized carbons (Fsp3) is 0. The van der Waals surface area contributed by atoms with E-state index in [-0.39, 0.29) is 5.56 Å². The predicted molar refractivity (Wildman–Crippen MR) is 215 cm³/mol. The molecule has 0 spiro atoms. The van der Waals surface area contributed by atoms with Crippen molar-refractivity contribution < 1.29 is 0 Å². The smallest absolute Gasteiger partial charge is 0.265 e. The first-order valence-electron chi connectivity index (χ1n) is 17.6. The summed E-state index contributed by atoms with van der Waals surface area (Å²) in [6.45, 7) is 0. The van der Waals surface area contributed by atoms with Crippen molar-refractivity contribution in [2.45, 2.75) is 0 Å². The molecule has 3 nitrogen and oxygen atoms in total. The molecule has 0 fully saturated rings. The van der Waals surface area contributed by atoms with Crippen molar-refractivity contribution in [2.75, 3.05) is 0 Å². The highest BCUT2D eigenvalue weighted by atomic mass is 16.1. The Kier molecular flexibility index (Phi) is 6.02. The largest absolute Gasteiger partial charge is 0.306 e. The van der Waals surface area contributed by atoms with Crippen LogP contribution in [0.25, 0.3) is 99.0 Å². The van der Waals surface area contributed by atoms with Crippen LogP contribution >= 0.6 is 0 Å². The number of hydrogen-bond acceptors (Lipinski definition) is 1. The van der Waals surface area contributed by atoms with Gasteiger partial charge < -0.3 is 4.40 Å². The molecule has 0 bridgehead atoms. The molecule has 0 amide bonds. The van der Waals surface area contributed by atoms with Crippen molar-refractivity contribution >= 4 is 54.5 Å². The Morgan fingerprint density at radius 1 is 0.365 bits per heavy atom. The maximum Gasteiger partial charge on any atom is 0.265 e. The molecule has 52 heavy (non-hydrogen) atoms. The van der Waals surface area contributed by atoms with Gasteiger partial charge in [0.25, 0.3) is 5.56 Å². The molecule has 0 radical (unpaired) electrons. The van der Waals surface area contributed by atoms with Gasteiger partial charge in [-0.05, 0) is 99.6 Å². The Labute approximate surface area is 299 Å². The van der Waals surface area contributed by atoms with E-state index in [0.717, 1.165) is 93.6 Å².